The van der Waals surface area contributed by atoms with Crippen molar-refractivity contribution in [3.05, 3.63) is 65.9 Å². The number of aryl methyl sites for hydroxylation is 1. The summed E-state index contributed by atoms with van der Waals surface area (Å²) in [6.07, 6.45) is 3.56. The van der Waals surface area contributed by atoms with Gasteiger partial charge in [0.25, 0.3) is 0 Å². The number of benzene rings is 2. The smallest absolute Gasteiger partial charge is 0.225 e. The Morgan fingerprint density at radius 2 is 1.90 bits per heavy atom. The van der Waals surface area contributed by atoms with Crippen LogP contribution < -0.4 is 10.2 Å². The highest BCUT2D eigenvalue weighted by atomic mass is 19.1. The van der Waals surface area contributed by atoms with Crippen molar-refractivity contribution in [1.82, 2.24) is 4.98 Å². The Morgan fingerprint density at radius 3 is 2.67 bits per heavy atom. The first-order chi connectivity index (χ1) is 14.5. The number of nitrogens with zero attached hydrogens (tertiary/aromatic N) is 2. The third-order valence-electron chi connectivity index (χ3n) is 5.02. The van der Waals surface area contributed by atoms with Gasteiger partial charge in [-0.2, -0.15) is 0 Å². The lowest BCUT2D eigenvalue weighted by Crippen LogP contribution is -2.22. The van der Waals surface area contributed by atoms with Crippen molar-refractivity contribution in [2.24, 2.45) is 0 Å². The Balaban J connectivity index is 1.41. The van der Waals surface area contributed by atoms with Gasteiger partial charge in [0.2, 0.25) is 5.91 Å². The fraction of sp³-hybridized carbons (Fsp3) is 0.273. The van der Waals surface area contributed by atoms with Crippen LogP contribution in [-0.2, 0) is 11.2 Å². The zero-order valence-electron chi connectivity index (χ0n) is 16.1. The maximum atomic E-state index is 14.3. The minimum Gasteiger partial charge on any atom is -0.441 e. The van der Waals surface area contributed by atoms with Crippen LogP contribution in [0, 0.1) is 17.5 Å². The third-order valence-corrected chi connectivity index (χ3v) is 5.02. The van der Waals surface area contributed by atoms with Crippen molar-refractivity contribution in [2.45, 2.75) is 25.7 Å². The fourth-order valence-electron chi connectivity index (χ4n) is 3.52. The van der Waals surface area contributed by atoms with Crippen molar-refractivity contribution >= 4 is 17.3 Å². The Morgan fingerprint density at radius 1 is 1.10 bits per heavy atom. The van der Waals surface area contributed by atoms with Gasteiger partial charge in [0.05, 0.1) is 17.4 Å². The lowest BCUT2D eigenvalue weighted by molar-refractivity contribution is -0.116. The van der Waals surface area contributed by atoms with Crippen LogP contribution in [0.4, 0.5) is 24.5 Å². The number of amides is 1. The van der Waals surface area contributed by atoms with Crippen molar-refractivity contribution in [3.8, 4) is 11.3 Å². The molecule has 3 aromatic rings. The van der Waals surface area contributed by atoms with Gasteiger partial charge in [-0.1, -0.05) is 6.07 Å². The van der Waals surface area contributed by atoms with E-state index in [1.807, 2.05) is 0 Å². The van der Waals surface area contributed by atoms with Gasteiger partial charge < -0.3 is 14.6 Å². The first kappa shape index (κ1) is 20.0. The third kappa shape index (κ3) is 4.32. The molecule has 0 aliphatic carbocycles. The number of carbonyl (C=O) groups is 1. The van der Waals surface area contributed by atoms with E-state index in [0.717, 1.165) is 38.1 Å². The minimum atomic E-state index is -0.760. The van der Waals surface area contributed by atoms with E-state index in [1.165, 1.54) is 18.3 Å². The fourth-order valence-corrected chi connectivity index (χ4v) is 3.52. The maximum Gasteiger partial charge on any atom is 0.225 e. The van der Waals surface area contributed by atoms with Gasteiger partial charge >= 0.3 is 0 Å². The highest BCUT2D eigenvalue weighted by Gasteiger charge is 2.20. The number of hydrogen-bond donors (Lipinski definition) is 1. The van der Waals surface area contributed by atoms with Crippen molar-refractivity contribution in [2.75, 3.05) is 23.3 Å². The molecule has 156 valence electrons. The van der Waals surface area contributed by atoms with Crippen LogP contribution in [0.15, 0.2) is 47.0 Å². The molecule has 0 unspecified atom stereocenters. The molecule has 0 bridgehead atoms. The summed E-state index contributed by atoms with van der Waals surface area (Å²) < 4.78 is 46.8. The summed E-state index contributed by atoms with van der Waals surface area (Å²) in [6.45, 7) is 1.65. The molecule has 8 heteroatoms. The van der Waals surface area contributed by atoms with Gasteiger partial charge in [-0.25, -0.2) is 18.2 Å². The molecule has 0 spiro atoms. The van der Waals surface area contributed by atoms with Gasteiger partial charge in [-0.15, -0.1) is 0 Å². The zero-order valence-corrected chi connectivity index (χ0v) is 16.1. The van der Waals surface area contributed by atoms with E-state index in [4.69, 9.17) is 4.42 Å². The van der Waals surface area contributed by atoms with Gasteiger partial charge in [0.15, 0.2) is 11.7 Å². The Hall–Kier alpha value is -3.29. The molecule has 1 aromatic heterocycles. The monoisotopic (exact) mass is 415 g/mol. The van der Waals surface area contributed by atoms with Gasteiger partial charge in [-0.3, -0.25) is 4.79 Å². The van der Waals surface area contributed by atoms with E-state index in [2.05, 4.69) is 15.2 Å². The zero-order chi connectivity index (χ0) is 21.1. The van der Waals surface area contributed by atoms with Gasteiger partial charge in [-0.05, 0) is 37.1 Å². The second kappa shape index (κ2) is 8.61. The molecule has 0 atom stereocenters. The van der Waals surface area contributed by atoms with Crippen molar-refractivity contribution in [3.63, 3.8) is 0 Å². The minimum absolute atomic E-state index is 0.0135. The quantitative estimate of drug-likeness (QED) is 0.620. The molecule has 0 saturated carbocycles. The lowest BCUT2D eigenvalue weighted by atomic mass is 10.2. The second-order valence-corrected chi connectivity index (χ2v) is 7.12. The van der Waals surface area contributed by atoms with E-state index in [-0.39, 0.29) is 41.7 Å². The summed E-state index contributed by atoms with van der Waals surface area (Å²) in [6, 6.07) is 7.88. The highest BCUT2D eigenvalue weighted by molar-refractivity contribution is 5.94. The molecule has 1 N–H and O–H groups in total. The summed E-state index contributed by atoms with van der Waals surface area (Å²) >= 11 is 0. The maximum absolute atomic E-state index is 14.3. The van der Waals surface area contributed by atoms with Crippen molar-refractivity contribution < 1.29 is 22.4 Å². The molecule has 30 heavy (non-hydrogen) atoms. The van der Waals surface area contributed by atoms with E-state index < -0.39 is 17.5 Å². The van der Waals surface area contributed by atoms with Crippen molar-refractivity contribution in [1.29, 1.82) is 0 Å². The van der Waals surface area contributed by atoms with Crippen LogP contribution in [-0.4, -0.2) is 24.0 Å². The molecule has 1 saturated heterocycles. The molecular weight excluding hydrogens is 395 g/mol. The molecule has 5 nitrogen and oxygen atoms in total. The predicted molar refractivity (Wildman–Crippen MR) is 107 cm³/mol. The molecule has 1 amide bonds. The predicted octanol–water partition coefficient (Wildman–Crippen LogP) is 4.93. The summed E-state index contributed by atoms with van der Waals surface area (Å²) in [5.74, 6) is -1.93. The van der Waals surface area contributed by atoms with Crippen LogP contribution in [0.25, 0.3) is 11.3 Å². The average molecular weight is 415 g/mol. The van der Waals surface area contributed by atoms with E-state index in [1.54, 1.807) is 12.1 Å². The Labute approximate surface area is 171 Å². The normalized spacial score (nSPS) is 13.6. The van der Waals surface area contributed by atoms with Crippen LogP contribution in [0.1, 0.15) is 25.2 Å². The number of rotatable bonds is 6. The molecule has 1 aliphatic heterocycles. The number of hydrogen-bond acceptors (Lipinski definition) is 4. The topological polar surface area (TPSA) is 58.4 Å². The molecule has 0 radical (unpaired) electrons. The number of nitrogens with one attached hydrogen (secondary N) is 1. The van der Waals surface area contributed by atoms with Crippen LogP contribution >= 0.6 is 0 Å². The average Bonchev–Trinajstić information content (AvgIpc) is 3.40. The summed E-state index contributed by atoms with van der Waals surface area (Å²) in [7, 11) is 0. The Bertz CT molecular complexity index is 1060. The van der Waals surface area contributed by atoms with E-state index in [9.17, 15) is 18.0 Å². The Kier molecular flexibility index (Phi) is 5.74. The molecule has 2 heterocycles. The molecule has 1 aliphatic rings. The largest absolute Gasteiger partial charge is 0.441 e. The molecular formula is C22H20F3N3O2. The lowest BCUT2D eigenvalue weighted by Gasteiger charge is -2.21. The van der Waals surface area contributed by atoms with E-state index in [0.29, 0.717) is 5.69 Å². The second-order valence-electron chi connectivity index (χ2n) is 7.12. The first-order valence-electron chi connectivity index (χ1n) is 9.75. The molecule has 1 fully saturated rings. The van der Waals surface area contributed by atoms with Crippen LogP contribution in [0.3, 0.4) is 0 Å². The number of anilines is 2. The number of aromatic nitrogens is 1. The van der Waals surface area contributed by atoms with E-state index >= 15 is 0 Å². The first-order valence-corrected chi connectivity index (χ1v) is 9.75. The summed E-state index contributed by atoms with van der Waals surface area (Å²) in [4.78, 5) is 18.5. The van der Waals surface area contributed by atoms with Crippen LogP contribution in [0.2, 0.25) is 0 Å². The number of halogens is 3. The summed E-state index contributed by atoms with van der Waals surface area (Å²) in [5, 5.41) is 2.65. The summed E-state index contributed by atoms with van der Waals surface area (Å²) in [5.41, 5.74) is 0.929. The number of para-hydroxylation sites is 1. The standard InChI is InChI=1S/C22H20F3N3O2/c23-14-6-7-15(17(25)12-14)19-13-26-21(30-19)9-8-20(29)27-22-16(24)4-3-5-18(22)28-10-1-2-11-28/h3-7,12-13H,1-2,8-11H2,(H,27,29). The molecule has 2 aromatic carbocycles. The SMILES string of the molecule is O=C(CCc1ncc(-c2ccc(F)cc2F)o1)Nc1c(F)cccc1N1CCCC1. The highest BCUT2D eigenvalue weighted by Crippen LogP contribution is 2.31. The number of oxazole rings is 1. The number of carbonyl (C=O) groups excluding carboxylic acids is 1. The van der Waals surface area contributed by atoms with Crippen LogP contribution in [0.5, 0.6) is 0 Å². The van der Waals surface area contributed by atoms with Gasteiger partial charge in [0, 0.05) is 32.0 Å². The molecule has 4 rings (SSSR count). The van der Waals surface area contributed by atoms with Gasteiger partial charge in [0.1, 0.15) is 23.1 Å².